The fourth-order valence-corrected chi connectivity index (χ4v) is 1.15. The molecule has 0 aliphatic carbocycles. The van der Waals surface area contributed by atoms with Crippen molar-refractivity contribution in [1.29, 1.82) is 0 Å². The topological polar surface area (TPSA) is 52.6 Å². The number of cyclic esters (lactones) is 2. The summed E-state index contributed by atoms with van der Waals surface area (Å²) in [6.07, 6.45) is 3.90. The average Bonchev–Trinajstić information content (AvgIpc) is 2.63. The molecule has 2 aliphatic rings. The molecule has 2 rings (SSSR count). The fraction of sp³-hybridized carbons (Fsp3) is 0.600. The van der Waals surface area contributed by atoms with E-state index in [4.69, 9.17) is 4.74 Å². The summed E-state index contributed by atoms with van der Waals surface area (Å²) in [5.74, 6) is 0.537. The Labute approximate surface area is 82.9 Å². The van der Waals surface area contributed by atoms with Crippen LogP contribution < -0.4 is 0 Å². The Hall–Kier alpha value is -1.32. The fourth-order valence-electron chi connectivity index (χ4n) is 1.15. The first-order valence-corrected chi connectivity index (χ1v) is 4.65. The van der Waals surface area contributed by atoms with E-state index in [2.05, 4.69) is 4.74 Å². The van der Waals surface area contributed by atoms with Crippen molar-refractivity contribution in [3.05, 3.63) is 11.8 Å². The molecule has 1 saturated heterocycles. The van der Waals surface area contributed by atoms with Gasteiger partial charge in [0.1, 0.15) is 5.76 Å². The van der Waals surface area contributed by atoms with Crippen molar-refractivity contribution < 1.29 is 19.1 Å². The molecule has 4 heteroatoms. The van der Waals surface area contributed by atoms with Crippen molar-refractivity contribution >= 4 is 11.9 Å². The molecule has 0 N–H and O–H groups in total. The lowest BCUT2D eigenvalue weighted by molar-refractivity contribution is -0.141. The molecule has 0 saturated carbocycles. The quantitative estimate of drug-likeness (QED) is 0.554. The molecule has 1 atom stereocenters. The minimum Gasteiger partial charge on any atom is -0.463 e. The lowest BCUT2D eigenvalue weighted by Gasteiger charge is -1.95. The third kappa shape index (κ3) is 3.60. The Morgan fingerprint density at radius 1 is 1.36 bits per heavy atom. The third-order valence-corrected chi connectivity index (χ3v) is 1.92. The molecule has 0 aromatic heterocycles. The van der Waals surface area contributed by atoms with Gasteiger partial charge in [-0.2, -0.15) is 0 Å². The Morgan fingerprint density at radius 3 is 2.21 bits per heavy atom. The highest BCUT2D eigenvalue weighted by molar-refractivity contribution is 5.74. The number of esters is 2. The van der Waals surface area contributed by atoms with Crippen LogP contribution in [0.15, 0.2) is 11.8 Å². The summed E-state index contributed by atoms with van der Waals surface area (Å²) in [4.78, 5) is 20.4. The summed E-state index contributed by atoms with van der Waals surface area (Å²) in [7, 11) is 0. The van der Waals surface area contributed by atoms with Crippen LogP contribution in [0.3, 0.4) is 0 Å². The van der Waals surface area contributed by atoms with Crippen molar-refractivity contribution in [2.45, 2.75) is 39.2 Å². The summed E-state index contributed by atoms with van der Waals surface area (Å²) in [5, 5.41) is 0. The highest BCUT2D eigenvalue weighted by atomic mass is 16.5. The van der Waals surface area contributed by atoms with Gasteiger partial charge in [-0.15, -0.1) is 0 Å². The summed E-state index contributed by atoms with van der Waals surface area (Å²) >= 11 is 0. The Balaban J connectivity index is 0.000000140. The molecule has 0 aromatic rings. The van der Waals surface area contributed by atoms with Crippen LogP contribution in [0, 0.1) is 0 Å². The van der Waals surface area contributed by atoms with Crippen LogP contribution >= 0.6 is 0 Å². The minimum absolute atomic E-state index is 0.0486. The summed E-state index contributed by atoms with van der Waals surface area (Å²) < 4.78 is 9.31. The van der Waals surface area contributed by atoms with Crippen LogP contribution in [0.5, 0.6) is 0 Å². The standard InChI is InChI=1S/C5H8O2.C5H6O2/c2*1-4-2-3-5(6)7-4/h4H,2-3H2,1H3;2H,3H2,1H3. The van der Waals surface area contributed by atoms with Crippen molar-refractivity contribution in [3.63, 3.8) is 0 Å². The van der Waals surface area contributed by atoms with Gasteiger partial charge in [0.2, 0.25) is 0 Å². The number of rotatable bonds is 0. The zero-order chi connectivity index (χ0) is 10.6. The van der Waals surface area contributed by atoms with Gasteiger partial charge < -0.3 is 9.47 Å². The van der Waals surface area contributed by atoms with Crippen LogP contribution in [0.4, 0.5) is 0 Å². The smallest absolute Gasteiger partial charge is 0.314 e. The Kier molecular flexibility index (Phi) is 3.68. The number of allylic oxidation sites excluding steroid dienone is 1. The van der Waals surface area contributed by atoms with E-state index in [1.807, 2.05) is 6.92 Å². The second kappa shape index (κ2) is 4.79. The van der Waals surface area contributed by atoms with Crippen molar-refractivity contribution in [3.8, 4) is 0 Å². The zero-order valence-corrected chi connectivity index (χ0v) is 8.41. The largest absolute Gasteiger partial charge is 0.463 e. The van der Waals surface area contributed by atoms with Gasteiger partial charge in [-0.25, -0.2) is 0 Å². The van der Waals surface area contributed by atoms with Gasteiger partial charge >= 0.3 is 11.9 Å². The van der Waals surface area contributed by atoms with Gasteiger partial charge in [0, 0.05) is 6.42 Å². The van der Waals surface area contributed by atoms with Gasteiger partial charge in [-0.1, -0.05) is 0 Å². The summed E-state index contributed by atoms with van der Waals surface area (Å²) in [5.41, 5.74) is 0. The molecule has 0 bridgehead atoms. The predicted molar refractivity (Wildman–Crippen MR) is 49.3 cm³/mol. The highest BCUT2D eigenvalue weighted by Gasteiger charge is 2.17. The average molecular weight is 198 g/mol. The number of hydrogen-bond donors (Lipinski definition) is 0. The van der Waals surface area contributed by atoms with Crippen LogP contribution in [-0.4, -0.2) is 18.0 Å². The Morgan fingerprint density at radius 2 is 2.07 bits per heavy atom. The molecular weight excluding hydrogens is 184 g/mol. The molecule has 78 valence electrons. The van der Waals surface area contributed by atoms with Gasteiger partial charge in [-0.05, 0) is 26.3 Å². The van der Waals surface area contributed by atoms with Gasteiger partial charge in [0.25, 0.3) is 0 Å². The second-order valence-corrected chi connectivity index (χ2v) is 3.33. The normalized spacial score (nSPS) is 24.7. The lowest BCUT2D eigenvalue weighted by atomic mass is 10.3. The van der Waals surface area contributed by atoms with E-state index in [0.29, 0.717) is 12.8 Å². The first-order valence-electron chi connectivity index (χ1n) is 4.65. The molecule has 0 aromatic carbocycles. The maximum absolute atomic E-state index is 10.2. The van der Waals surface area contributed by atoms with Gasteiger partial charge in [0.15, 0.2) is 0 Å². The zero-order valence-electron chi connectivity index (χ0n) is 8.41. The maximum atomic E-state index is 10.2. The van der Waals surface area contributed by atoms with Crippen LogP contribution in [0.1, 0.15) is 33.1 Å². The predicted octanol–water partition coefficient (Wildman–Crippen LogP) is 1.55. The van der Waals surface area contributed by atoms with E-state index in [9.17, 15) is 9.59 Å². The van der Waals surface area contributed by atoms with Crippen LogP contribution in [-0.2, 0) is 19.1 Å². The van der Waals surface area contributed by atoms with E-state index in [-0.39, 0.29) is 18.0 Å². The molecular formula is C10H14O4. The van der Waals surface area contributed by atoms with E-state index in [1.54, 1.807) is 13.0 Å². The first-order chi connectivity index (χ1) is 6.58. The molecule has 0 amide bonds. The van der Waals surface area contributed by atoms with Crippen molar-refractivity contribution in [2.75, 3.05) is 0 Å². The van der Waals surface area contributed by atoms with Crippen molar-refractivity contribution in [1.82, 2.24) is 0 Å². The number of hydrogen-bond acceptors (Lipinski definition) is 4. The molecule has 4 nitrogen and oxygen atoms in total. The van der Waals surface area contributed by atoms with E-state index < -0.39 is 0 Å². The van der Waals surface area contributed by atoms with Gasteiger partial charge in [-0.3, -0.25) is 9.59 Å². The molecule has 1 fully saturated rings. The van der Waals surface area contributed by atoms with Gasteiger partial charge in [0.05, 0.1) is 12.5 Å². The molecule has 2 aliphatic heterocycles. The SMILES string of the molecule is CC1=CCC(=O)O1.CC1CCC(=O)O1. The third-order valence-electron chi connectivity index (χ3n) is 1.92. The second-order valence-electron chi connectivity index (χ2n) is 3.33. The van der Waals surface area contributed by atoms with E-state index >= 15 is 0 Å². The number of carbonyl (C=O) groups is 2. The van der Waals surface area contributed by atoms with E-state index in [1.165, 1.54) is 0 Å². The maximum Gasteiger partial charge on any atom is 0.314 e. The monoisotopic (exact) mass is 198 g/mol. The summed E-state index contributed by atoms with van der Waals surface area (Å²) in [6.45, 7) is 3.68. The molecule has 2 heterocycles. The lowest BCUT2D eigenvalue weighted by Crippen LogP contribution is -1.98. The molecule has 0 radical (unpaired) electrons. The van der Waals surface area contributed by atoms with Crippen molar-refractivity contribution in [2.24, 2.45) is 0 Å². The van der Waals surface area contributed by atoms with Crippen LogP contribution in [0.2, 0.25) is 0 Å². The molecule has 14 heavy (non-hydrogen) atoms. The molecule has 0 spiro atoms. The Bertz CT molecular complexity index is 265. The highest BCUT2D eigenvalue weighted by Crippen LogP contribution is 2.11. The van der Waals surface area contributed by atoms with E-state index in [0.717, 1.165) is 12.2 Å². The number of ether oxygens (including phenoxy) is 2. The first kappa shape index (κ1) is 10.8. The molecule has 1 unspecified atom stereocenters. The van der Waals surface area contributed by atoms with Crippen LogP contribution in [0.25, 0.3) is 0 Å². The minimum atomic E-state index is -0.141. The summed E-state index contributed by atoms with van der Waals surface area (Å²) in [6, 6.07) is 0. The number of carbonyl (C=O) groups excluding carboxylic acids is 2.